The van der Waals surface area contributed by atoms with Crippen molar-refractivity contribution in [1.29, 1.82) is 0 Å². The molecule has 0 aliphatic carbocycles. The first-order valence-electron chi connectivity index (χ1n) is 7.78. The number of rotatable bonds is 4. The van der Waals surface area contributed by atoms with Crippen molar-refractivity contribution in [3.8, 4) is 0 Å². The SMILES string of the molecule is CCc1cccc(C)c1NC(=O)C1CC(CC)CCN1. The van der Waals surface area contributed by atoms with Crippen LogP contribution in [0.4, 0.5) is 5.69 Å². The predicted molar refractivity (Wildman–Crippen MR) is 84.0 cm³/mol. The highest BCUT2D eigenvalue weighted by atomic mass is 16.2. The van der Waals surface area contributed by atoms with Gasteiger partial charge in [-0.2, -0.15) is 0 Å². The van der Waals surface area contributed by atoms with E-state index in [4.69, 9.17) is 0 Å². The molecule has 1 saturated heterocycles. The third-order valence-corrected chi connectivity index (χ3v) is 4.39. The van der Waals surface area contributed by atoms with Gasteiger partial charge in [-0.3, -0.25) is 4.79 Å². The highest BCUT2D eigenvalue weighted by Crippen LogP contribution is 2.24. The lowest BCUT2D eigenvalue weighted by molar-refractivity contribution is -0.119. The van der Waals surface area contributed by atoms with Crippen LogP contribution in [-0.2, 0) is 11.2 Å². The van der Waals surface area contributed by atoms with Crippen LogP contribution in [0.1, 0.15) is 44.2 Å². The van der Waals surface area contributed by atoms with Gasteiger partial charge in [-0.15, -0.1) is 0 Å². The summed E-state index contributed by atoms with van der Waals surface area (Å²) in [5.41, 5.74) is 3.35. The zero-order valence-electron chi connectivity index (χ0n) is 12.8. The van der Waals surface area contributed by atoms with Crippen LogP contribution < -0.4 is 10.6 Å². The molecule has 20 heavy (non-hydrogen) atoms. The first kappa shape index (κ1) is 15.0. The molecule has 2 atom stereocenters. The summed E-state index contributed by atoms with van der Waals surface area (Å²) in [6, 6.07) is 6.15. The number of hydrogen-bond donors (Lipinski definition) is 2. The number of aryl methyl sites for hydroxylation is 2. The highest BCUT2D eigenvalue weighted by molar-refractivity contribution is 5.96. The van der Waals surface area contributed by atoms with Gasteiger partial charge in [-0.1, -0.05) is 38.5 Å². The summed E-state index contributed by atoms with van der Waals surface area (Å²) in [5, 5.41) is 6.49. The fourth-order valence-corrected chi connectivity index (χ4v) is 2.98. The van der Waals surface area contributed by atoms with Gasteiger partial charge in [0.25, 0.3) is 0 Å². The fourth-order valence-electron chi connectivity index (χ4n) is 2.98. The maximum Gasteiger partial charge on any atom is 0.241 e. The van der Waals surface area contributed by atoms with Crippen LogP contribution in [-0.4, -0.2) is 18.5 Å². The number of carbonyl (C=O) groups excluding carboxylic acids is 1. The summed E-state index contributed by atoms with van der Waals surface area (Å²) in [7, 11) is 0. The van der Waals surface area contributed by atoms with Crippen molar-refractivity contribution in [3.05, 3.63) is 29.3 Å². The fraction of sp³-hybridized carbons (Fsp3) is 0.588. The van der Waals surface area contributed by atoms with Crippen LogP contribution in [0.25, 0.3) is 0 Å². The zero-order valence-corrected chi connectivity index (χ0v) is 12.8. The van der Waals surface area contributed by atoms with E-state index in [0.29, 0.717) is 5.92 Å². The second kappa shape index (κ2) is 6.89. The third kappa shape index (κ3) is 3.40. The average molecular weight is 274 g/mol. The van der Waals surface area contributed by atoms with E-state index >= 15 is 0 Å². The van der Waals surface area contributed by atoms with E-state index in [2.05, 4.69) is 49.6 Å². The number of benzene rings is 1. The number of nitrogens with one attached hydrogen (secondary N) is 2. The molecule has 0 saturated carbocycles. The lowest BCUT2D eigenvalue weighted by Crippen LogP contribution is -2.46. The highest BCUT2D eigenvalue weighted by Gasteiger charge is 2.26. The molecule has 1 aromatic carbocycles. The molecule has 0 bridgehead atoms. The molecule has 0 spiro atoms. The third-order valence-electron chi connectivity index (χ3n) is 4.39. The number of para-hydroxylation sites is 1. The molecule has 0 radical (unpaired) electrons. The lowest BCUT2D eigenvalue weighted by Gasteiger charge is -2.29. The lowest BCUT2D eigenvalue weighted by atomic mass is 9.90. The molecule has 1 aliphatic heterocycles. The van der Waals surface area contributed by atoms with Gasteiger partial charge in [0.15, 0.2) is 0 Å². The van der Waals surface area contributed by atoms with Gasteiger partial charge in [0.2, 0.25) is 5.91 Å². The summed E-state index contributed by atoms with van der Waals surface area (Å²) in [6.07, 6.45) is 4.24. The monoisotopic (exact) mass is 274 g/mol. The Morgan fingerprint density at radius 1 is 1.40 bits per heavy atom. The molecule has 1 fully saturated rings. The minimum Gasteiger partial charge on any atom is -0.324 e. The topological polar surface area (TPSA) is 41.1 Å². The van der Waals surface area contributed by atoms with Gasteiger partial charge in [-0.25, -0.2) is 0 Å². The molecule has 1 aliphatic rings. The average Bonchev–Trinajstić information content (AvgIpc) is 2.49. The summed E-state index contributed by atoms with van der Waals surface area (Å²) >= 11 is 0. The van der Waals surface area contributed by atoms with E-state index < -0.39 is 0 Å². The van der Waals surface area contributed by atoms with Crippen molar-refractivity contribution < 1.29 is 4.79 Å². The Morgan fingerprint density at radius 2 is 2.20 bits per heavy atom. The minimum atomic E-state index is -0.0435. The number of carbonyl (C=O) groups is 1. The van der Waals surface area contributed by atoms with Gasteiger partial charge < -0.3 is 10.6 Å². The van der Waals surface area contributed by atoms with Crippen molar-refractivity contribution in [2.24, 2.45) is 5.92 Å². The van der Waals surface area contributed by atoms with E-state index in [1.165, 1.54) is 12.0 Å². The van der Waals surface area contributed by atoms with Crippen LogP contribution in [0.5, 0.6) is 0 Å². The molecule has 3 heteroatoms. The van der Waals surface area contributed by atoms with E-state index in [-0.39, 0.29) is 11.9 Å². The van der Waals surface area contributed by atoms with Gasteiger partial charge >= 0.3 is 0 Å². The summed E-state index contributed by atoms with van der Waals surface area (Å²) < 4.78 is 0. The van der Waals surface area contributed by atoms with Crippen molar-refractivity contribution >= 4 is 11.6 Å². The Balaban J connectivity index is 2.08. The molecule has 0 aromatic heterocycles. The van der Waals surface area contributed by atoms with Gasteiger partial charge in [0.05, 0.1) is 6.04 Å². The number of anilines is 1. The largest absolute Gasteiger partial charge is 0.324 e. The minimum absolute atomic E-state index is 0.0435. The molecular formula is C17H26N2O. The summed E-state index contributed by atoms with van der Waals surface area (Å²) in [5.74, 6) is 0.793. The van der Waals surface area contributed by atoms with E-state index in [1.54, 1.807) is 0 Å². The molecule has 2 unspecified atom stereocenters. The molecule has 3 nitrogen and oxygen atoms in total. The molecule has 1 aromatic rings. The van der Waals surface area contributed by atoms with Crippen LogP contribution in [0, 0.1) is 12.8 Å². The quantitative estimate of drug-likeness (QED) is 0.884. The Labute approximate surface area is 122 Å². The standard InChI is InChI=1S/C17H26N2O/c1-4-13-9-10-18-15(11-13)17(20)19-16-12(3)7-6-8-14(16)5-2/h6-8,13,15,18H,4-5,9-11H2,1-3H3,(H,19,20). The second-order valence-electron chi connectivity index (χ2n) is 5.76. The van der Waals surface area contributed by atoms with Gasteiger partial charge in [0, 0.05) is 5.69 Å². The Morgan fingerprint density at radius 3 is 2.90 bits per heavy atom. The zero-order chi connectivity index (χ0) is 14.5. The van der Waals surface area contributed by atoms with Crippen molar-refractivity contribution in [2.45, 2.75) is 52.5 Å². The first-order valence-corrected chi connectivity index (χ1v) is 7.78. The molecule has 110 valence electrons. The number of amides is 1. The number of piperidine rings is 1. The van der Waals surface area contributed by atoms with E-state index in [1.807, 2.05) is 0 Å². The van der Waals surface area contributed by atoms with E-state index in [9.17, 15) is 4.79 Å². The Bertz CT molecular complexity index is 470. The Hall–Kier alpha value is -1.35. The van der Waals surface area contributed by atoms with Crippen molar-refractivity contribution in [2.75, 3.05) is 11.9 Å². The van der Waals surface area contributed by atoms with Crippen LogP contribution in [0.2, 0.25) is 0 Å². The second-order valence-corrected chi connectivity index (χ2v) is 5.76. The van der Waals surface area contributed by atoms with Crippen LogP contribution in [0.15, 0.2) is 18.2 Å². The summed E-state index contributed by atoms with van der Waals surface area (Å²) in [4.78, 5) is 12.5. The van der Waals surface area contributed by atoms with Crippen molar-refractivity contribution in [3.63, 3.8) is 0 Å². The van der Waals surface area contributed by atoms with Crippen LogP contribution in [0.3, 0.4) is 0 Å². The maximum atomic E-state index is 12.5. The Kier molecular flexibility index (Phi) is 5.18. The predicted octanol–water partition coefficient (Wildman–Crippen LogP) is 3.27. The molecule has 1 heterocycles. The molecular weight excluding hydrogens is 248 g/mol. The van der Waals surface area contributed by atoms with Gasteiger partial charge in [0.1, 0.15) is 0 Å². The van der Waals surface area contributed by atoms with Crippen molar-refractivity contribution in [1.82, 2.24) is 5.32 Å². The smallest absolute Gasteiger partial charge is 0.241 e. The van der Waals surface area contributed by atoms with E-state index in [0.717, 1.165) is 37.1 Å². The normalized spacial score (nSPS) is 22.6. The first-order chi connectivity index (χ1) is 9.65. The maximum absolute atomic E-state index is 12.5. The van der Waals surface area contributed by atoms with Crippen LogP contribution >= 0.6 is 0 Å². The van der Waals surface area contributed by atoms with Gasteiger partial charge in [-0.05, 0) is 49.8 Å². The molecule has 1 amide bonds. The summed E-state index contributed by atoms with van der Waals surface area (Å²) in [6.45, 7) is 7.33. The molecule has 2 rings (SSSR count). The molecule has 2 N–H and O–H groups in total. The number of hydrogen-bond acceptors (Lipinski definition) is 2.